The van der Waals surface area contributed by atoms with E-state index in [-0.39, 0.29) is 6.23 Å². The van der Waals surface area contributed by atoms with Crippen LogP contribution in [-0.2, 0) is 9.53 Å². The molecule has 2 unspecified atom stereocenters. The van der Waals surface area contributed by atoms with Crippen molar-refractivity contribution in [2.24, 2.45) is 5.73 Å². The van der Waals surface area contributed by atoms with Gasteiger partial charge in [0, 0.05) is 22.9 Å². The first-order chi connectivity index (χ1) is 8.70. The van der Waals surface area contributed by atoms with Gasteiger partial charge in [0.2, 0.25) is 0 Å². The van der Waals surface area contributed by atoms with Crippen LogP contribution in [0.4, 0.5) is 5.69 Å². The smallest absolute Gasteiger partial charge is 0.141 e. The summed E-state index contributed by atoms with van der Waals surface area (Å²) in [6.45, 7) is 0.764. The second-order valence-corrected chi connectivity index (χ2v) is 4.83. The number of halogens is 1. The van der Waals surface area contributed by atoms with E-state index in [9.17, 15) is 4.79 Å². The number of nitrogens with one attached hydrogen (secondary N) is 1. The van der Waals surface area contributed by atoms with Crippen molar-refractivity contribution in [2.75, 3.05) is 11.9 Å². The van der Waals surface area contributed by atoms with E-state index in [0.29, 0.717) is 16.9 Å². The molecule has 0 bridgehead atoms. The largest absolute Gasteiger partial charge is 0.360 e. The number of rotatable bonds is 4. The molecule has 5 heteroatoms. The van der Waals surface area contributed by atoms with Crippen LogP contribution in [0, 0.1) is 0 Å². The molecule has 1 aromatic rings. The SMILES string of the molecule is NC(C=O)c1cc(Cl)ccc1NC1CCCCO1. The molecule has 1 aliphatic heterocycles. The summed E-state index contributed by atoms with van der Waals surface area (Å²) in [5.74, 6) is 0. The van der Waals surface area contributed by atoms with Gasteiger partial charge in [-0.2, -0.15) is 0 Å². The van der Waals surface area contributed by atoms with E-state index in [1.54, 1.807) is 12.1 Å². The number of nitrogens with two attached hydrogens (primary N) is 1. The number of carbonyl (C=O) groups excluding carboxylic acids is 1. The summed E-state index contributed by atoms with van der Waals surface area (Å²) >= 11 is 5.93. The second kappa shape index (κ2) is 6.18. The zero-order chi connectivity index (χ0) is 13.0. The van der Waals surface area contributed by atoms with E-state index in [0.717, 1.165) is 31.6 Å². The molecule has 2 atom stereocenters. The lowest BCUT2D eigenvalue weighted by Crippen LogP contribution is -2.28. The summed E-state index contributed by atoms with van der Waals surface area (Å²) in [5.41, 5.74) is 7.27. The average Bonchev–Trinajstić information content (AvgIpc) is 2.41. The Hall–Kier alpha value is -1.10. The van der Waals surface area contributed by atoms with Gasteiger partial charge in [0.25, 0.3) is 0 Å². The molecule has 1 aliphatic rings. The van der Waals surface area contributed by atoms with Gasteiger partial charge in [0.1, 0.15) is 12.5 Å². The van der Waals surface area contributed by atoms with Gasteiger partial charge in [-0.15, -0.1) is 0 Å². The molecule has 0 aromatic heterocycles. The molecular formula is C13H17ClN2O2. The van der Waals surface area contributed by atoms with Crippen molar-refractivity contribution in [3.63, 3.8) is 0 Å². The van der Waals surface area contributed by atoms with E-state index in [1.807, 2.05) is 6.07 Å². The summed E-state index contributed by atoms with van der Waals surface area (Å²) in [6, 6.07) is 4.65. The Balaban J connectivity index is 2.17. The van der Waals surface area contributed by atoms with Crippen LogP contribution in [0.2, 0.25) is 5.02 Å². The van der Waals surface area contributed by atoms with Crippen molar-refractivity contribution in [2.45, 2.75) is 31.5 Å². The predicted octanol–water partition coefficient (Wildman–Crippen LogP) is 2.48. The van der Waals surface area contributed by atoms with Crippen molar-refractivity contribution in [1.29, 1.82) is 0 Å². The molecule has 1 saturated heterocycles. The highest BCUT2D eigenvalue weighted by Crippen LogP contribution is 2.26. The molecule has 3 N–H and O–H groups in total. The highest BCUT2D eigenvalue weighted by atomic mass is 35.5. The number of aldehydes is 1. The molecule has 0 aliphatic carbocycles. The van der Waals surface area contributed by atoms with Gasteiger partial charge in [-0.25, -0.2) is 0 Å². The van der Waals surface area contributed by atoms with Crippen molar-refractivity contribution < 1.29 is 9.53 Å². The van der Waals surface area contributed by atoms with Gasteiger partial charge in [-0.05, 0) is 37.5 Å². The Morgan fingerprint density at radius 3 is 3.00 bits per heavy atom. The first-order valence-electron chi connectivity index (χ1n) is 6.09. The summed E-state index contributed by atoms with van der Waals surface area (Å²) in [4.78, 5) is 10.8. The van der Waals surface area contributed by atoms with Crippen LogP contribution >= 0.6 is 11.6 Å². The minimum atomic E-state index is -0.671. The number of ether oxygens (including phenoxy) is 1. The van der Waals surface area contributed by atoms with Crippen LogP contribution in [0.3, 0.4) is 0 Å². The van der Waals surface area contributed by atoms with Crippen LogP contribution in [0.5, 0.6) is 0 Å². The van der Waals surface area contributed by atoms with E-state index < -0.39 is 6.04 Å². The van der Waals surface area contributed by atoms with E-state index in [2.05, 4.69) is 5.32 Å². The number of benzene rings is 1. The Morgan fingerprint density at radius 2 is 2.33 bits per heavy atom. The fourth-order valence-corrected chi connectivity index (χ4v) is 2.22. The average molecular weight is 269 g/mol. The monoisotopic (exact) mass is 268 g/mol. The van der Waals surface area contributed by atoms with Gasteiger partial charge >= 0.3 is 0 Å². The summed E-state index contributed by atoms with van der Waals surface area (Å²) < 4.78 is 5.61. The van der Waals surface area contributed by atoms with Crippen molar-refractivity contribution >= 4 is 23.6 Å². The number of hydrogen-bond acceptors (Lipinski definition) is 4. The molecule has 98 valence electrons. The Bertz CT molecular complexity index is 419. The lowest BCUT2D eigenvalue weighted by atomic mass is 10.1. The quantitative estimate of drug-likeness (QED) is 0.824. The predicted molar refractivity (Wildman–Crippen MR) is 71.7 cm³/mol. The molecular weight excluding hydrogens is 252 g/mol. The fraction of sp³-hybridized carbons (Fsp3) is 0.462. The van der Waals surface area contributed by atoms with Gasteiger partial charge in [0.15, 0.2) is 0 Å². The van der Waals surface area contributed by atoms with Crippen LogP contribution in [0.15, 0.2) is 18.2 Å². The van der Waals surface area contributed by atoms with Gasteiger partial charge in [0.05, 0.1) is 6.04 Å². The maximum atomic E-state index is 10.8. The summed E-state index contributed by atoms with van der Waals surface area (Å²) in [6.07, 6.45) is 3.88. The van der Waals surface area contributed by atoms with Gasteiger partial charge in [-0.1, -0.05) is 11.6 Å². The molecule has 0 radical (unpaired) electrons. The van der Waals surface area contributed by atoms with Crippen LogP contribution < -0.4 is 11.1 Å². The lowest BCUT2D eigenvalue weighted by molar-refractivity contribution is -0.109. The lowest BCUT2D eigenvalue weighted by Gasteiger charge is -2.26. The normalized spacial score (nSPS) is 21.3. The third-order valence-electron chi connectivity index (χ3n) is 3.02. The third kappa shape index (κ3) is 3.22. The summed E-state index contributed by atoms with van der Waals surface area (Å²) in [7, 11) is 0. The molecule has 0 saturated carbocycles. The number of carbonyl (C=O) groups is 1. The van der Waals surface area contributed by atoms with E-state index >= 15 is 0 Å². The molecule has 1 heterocycles. The zero-order valence-corrected chi connectivity index (χ0v) is 10.8. The molecule has 18 heavy (non-hydrogen) atoms. The Labute approximate surface area is 111 Å². The van der Waals surface area contributed by atoms with Gasteiger partial charge < -0.3 is 20.6 Å². The van der Waals surface area contributed by atoms with E-state index in [4.69, 9.17) is 22.1 Å². The maximum absolute atomic E-state index is 10.8. The fourth-order valence-electron chi connectivity index (χ4n) is 2.04. The molecule has 2 rings (SSSR count). The first-order valence-corrected chi connectivity index (χ1v) is 6.47. The first kappa shape index (κ1) is 13.3. The highest BCUT2D eigenvalue weighted by molar-refractivity contribution is 6.30. The topological polar surface area (TPSA) is 64.4 Å². The molecule has 0 spiro atoms. The summed E-state index contributed by atoms with van der Waals surface area (Å²) in [5, 5.41) is 3.84. The molecule has 0 amide bonds. The third-order valence-corrected chi connectivity index (χ3v) is 3.25. The number of hydrogen-bond donors (Lipinski definition) is 2. The molecule has 4 nitrogen and oxygen atoms in total. The van der Waals surface area contributed by atoms with Crippen LogP contribution in [0.1, 0.15) is 30.9 Å². The highest BCUT2D eigenvalue weighted by Gasteiger charge is 2.17. The standard InChI is InChI=1S/C13H17ClN2O2/c14-9-4-5-12(10(7-9)11(15)8-17)16-13-3-1-2-6-18-13/h4-5,7-8,11,13,16H,1-3,6,15H2. The van der Waals surface area contributed by atoms with Crippen LogP contribution in [0.25, 0.3) is 0 Å². The number of anilines is 1. The molecule has 1 aromatic carbocycles. The minimum absolute atomic E-state index is 0.0162. The molecule has 1 fully saturated rings. The zero-order valence-electron chi connectivity index (χ0n) is 10.1. The van der Waals surface area contributed by atoms with Crippen molar-refractivity contribution in [1.82, 2.24) is 0 Å². The van der Waals surface area contributed by atoms with Crippen LogP contribution in [-0.4, -0.2) is 19.1 Å². The van der Waals surface area contributed by atoms with Gasteiger partial charge in [-0.3, -0.25) is 0 Å². The Morgan fingerprint density at radius 1 is 1.50 bits per heavy atom. The van der Waals surface area contributed by atoms with Crippen molar-refractivity contribution in [3.8, 4) is 0 Å². The van der Waals surface area contributed by atoms with Crippen molar-refractivity contribution in [3.05, 3.63) is 28.8 Å². The second-order valence-electron chi connectivity index (χ2n) is 4.39. The minimum Gasteiger partial charge on any atom is -0.360 e. The Kier molecular flexibility index (Phi) is 4.58. The maximum Gasteiger partial charge on any atom is 0.141 e. The van der Waals surface area contributed by atoms with E-state index in [1.165, 1.54) is 0 Å².